The van der Waals surface area contributed by atoms with E-state index < -0.39 is 0 Å². The van der Waals surface area contributed by atoms with E-state index in [0.29, 0.717) is 12.1 Å². The molecule has 0 bridgehead atoms. The van der Waals surface area contributed by atoms with Gasteiger partial charge in [0.25, 0.3) is 0 Å². The summed E-state index contributed by atoms with van der Waals surface area (Å²) >= 11 is 0. The molecule has 0 aromatic carbocycles. The van der Waals surface area contributed by atoms with Gasteiger partial charge in [0.1, 0.15) is 11.3 Å². The third-order valence-electron chi connectivity index (χ3n) is 4.85. The summed E-state index contributed by atoms with van der Waals surface area (Å²) in [6.45, 7) is 8.49. The summed E-state index contributed by atoms with van der Waals surface area (Å²) in [5, 5.41) is 19.9. The average Bonchev–Trinajstić information content (AvgIpc) is 3.05. The summed E-state index contributed by atoms with van der Waals surface area (Å²) in [5.74, 6) is 0.784. The van der Waals surface area contributed by atoms with Crippen molar-refractivity contribution in [3.63, 3.8) is 0 Å². The molecule has 0 spiro atoms. The molecule has 7 nitrogen and oxygen atoms in total. The number of pyridine rings is 1. The summed E-state index contributed by atoms with van der Waals surface area (Å²) < 4.78 is 2.09. The van der Waals surface area contributed by atoms with E-state index in [0.717, 1.165) is 55.0 Å². The number of hydrogen-bond donors (Lipinski definition) is 4. The number of anilines is 2. The molecule has 2 aromatic heterocycles. The Hall–Kier alpha value is -1.86. The van der Waals surface area contributed by atoms with Crippen LogP contribution in [-0.2, 0) is 0 Å². The van der Waals surface area contributed by atoms with Gasteiger partial charge in [0.15, 0.2) is 5.65 Å². The molecule has 25 heavy (non-hydrogen) atoms. The van der Waals surface area contributed by atoms with E-state index in [1.165, 1.54) is 0 Å². The summed E-state index contributed by atoms with van der Waals surface area (Å²) in [7, 11) is 0. The van der Waals surface area contributed by atoms with Gasteiger partial charge in [-0.15, -0.1) is 0 Å². The molecule has 1 saturated heterocycles. The van der Waals surface area contributed by atoms with Crippen LogP contribution in [0.5, 0.6) is 0 Å². The average molecular weight is 346 g/mol. The molecule has 0 unspecified atom stereocenters. The van der Waals surface area contributed by atoms with Crippen molar-refractivity contribution in [2.75, 3.05) is 30.3 Å². The van der Waals surface area contributed by atoms with Crippen LogP contribution in [0.15, 0.2) is 12.4 Å². The molecule has 0 radical (unpaired) electrons. The molecule has 1 atom stereocenters. The minimum Gasteiger partial charge on any atom is -0.394 e. The van der Waals surface area contributed by atoms with Crippen LogP contribution in [0.2, 0.25) is 0 Å². The van der Waals surface area contributed by atoms with Crippen LogP contribution in [0.4, 0.5) is 11.5 Å². The molecular formula is C18H30N6O. The zero-order chi connectivity index (χ0) is 17.8. The van der Waals surface area contributed by atoms with E-state index in [1.807, 2.05) is 12.4 Å². The summed E-state index contributed by atoms with van der Waals surface area (Å²) in [6.07, 6.45) is 4.91. The maximum Gasteiger partial charge on any atom is 0.164 e. The van der Waals surface area contributed by atoms with Crippen molar-refractivity contribution in [1.82, 2.24) is 19.9 Å². The van der Waals surface area contributed by atoms with Crippen molar-refractivity contribution in [1.29, 1.82) is 0 Å². The number of aliphatic hydroxyl groups excluding tert-OH is 1. The molecule has 138 valence electrons. The smallest absolute Gasteiger partial charge is 0.164 e. The highest BCUT2D eigenvalue weighted by molar-refractivity contribution is 5.88. The minimum atomic E-state index is 0.00658. The zero-order valence-electron chi connectivity index (χ0n) is 15.4. The number of imidazole rings is 1. The molecule has 4 N–H and O–H groups in total. The van der Waals surface area contributed by atoms with Gasteiger partial charge in [-0.05, 0) is 46.2 Å². The van der Waals surface area contributed by atoms with Gasteiger partial charge in [-0.2, -0.15) is 0 Å². The first-order chi connectivity index (χ1) is 12.1. The predicted octanol–water partition coefficient (Wildman–Crippen LogP) is 2.36. The molecule has 3 rings (SSSR count). The topological polar surface area (TPSA) is 87.0 Å². The van der Waals surface area contributed by atoms with Crippen LogP contribution in [0.3, 0.4) is 0 Å². The van der Waals surface area contributed by atoms with Crippen LogP contribution in [0, 0.1) is 0 Å². The lowest BCUT2D eigenvalue weighted by atomic mass is 10.1. The number of nitrogens with one attached hydrogen (secondary N) is 3. The Morgan fingerprint density at radius 2 is 2.12 bits per heavy atom. The predicted molar refractivity (Wildman–Crippen MR) is 102 cm³/mol. The van der Waals surface area contributed by atoms with Crippen LogP contribution in [0.1, 0.15) is 46.1 Å². The van der Waals surface area contributed by atoms with Gasteiger partial charge in [0, 0.05) is 18.2 Å². The Kier molecular flexibility index (Phi) is 5.75. The number of rotatable bonds is 7. The van der Waals surface area contributed by atoms with Crippen molar-refractivity contribution in [3.05, 3.63) is 12.4 Å². The Morgan fingerprint density at radius 1 is 1.36 bits per heavy atom. The molecule has 2 aromatic rings. The van der Waals surface area contributed by atoms with Gasteiger partial charge in [-0.1, -0.05) is 6.92 Å². The van der Waals surface area contributed by atoms with Gasteiger partial charge in [0.05, 0.1) is 24.7 Å². The summed E-state index contributed by atoms with van der Waals surface area (Å²) in [5.41, 5.74) is 2.81. The normalized spacial score (nSPS) is 17.2. The second-order valence-corrected chi connectivity index (χ2v) is 7.07. The number of piperidine rings is 1. The molecule has 0 amide bonds. The van der Waals surface area contributed by atoms with E-state index in [9.17, 15) is 5.11 Å². The third-order valence-corrected chi connectivity index (χ3v) is 4.85. The molecule has 1 aliphatic rings. The van der Waals surface area contributed by atoms with Crippen molar-refractivity contribution in [2.24, 2.45) is 0 Å². The third kappa shape index (κ3) is 4.04. The molecule has 3 heterocycles. The first-order valence-corrected chi connectivity index (χ1v) is 9.34. The molecular weight excluding hydrogens is 316 g/mol. The Balaban J connectivity index is 1.97. The summed E-state index contributed by atoms with van der Waals surface area (Å²) in [6, 6.07) is 2.77. The van der Waals surface area contributed by atoms with Crippen molar-refractivity contribution in [3.8, 4) is 0 Å². The van der Waals surface area contributed by atoms with Gasteiger partial charge >= 0.3 is 0 Å². The maximum atomic E-state index is 9.50. The highest BCUT2D eigenvalue weighted by Crippen LogP contribution is 2.28. The second-order valence-electron chi connectivity index (χ2n) is 7.07. The molecule has 0 aliphatic carbocycles. The molecule has 1 fully saturated rings. The second kappa shape index (κ2) is 8.01. The van der Waals surface area contributed by atoms with Crippen LogP contribution < -0.4 is 16.0 Å². The minimum absolute atomic E-state index is 0.00658. The van der Waals surface area contributed by atoms with E-state index in [2.05, 4.69) is 46.3 Å². The lowest BCUT2D eigenvalue weighted by Gasteiger charge is -2.25. The lowest BCUT2D eigenvalue weighted by Crippen LogP contribution is -2.35. The van der Waals surface area contributed by atoms with Gasteiger partial charge < -0.3 is 25.6 Å². The highest BCUT2D eigenvalue weighted by Gasteiger charge is 2.18. The number of aromatic nitrogens is 3. The van der Waals surface area contributed by atoms with Crippen LogP contribution >= 0.6 is 0 Å². The Bertz CT molecular complexity index is 688. The molecule has 0 saturated carbocycles. The quantitative estimate of drug-likeness (QED) is 0.616. The van der Waals surface area contributed by atoms with Crippen molar-refractivity contribution < 1.29 is 5.11 Å². The van der Waals surface area contributed by atoms with Crippen LogP contribution in [0.25, 0.3) is 11.2 Å². The fraction of sp³-hybridized carbons (Fsp3) is 0.667. The van der Waals surface area contributed by atoms with Gasteiger partial charge in [-0.3, -0.25) is 0 Å². The maximum absolute atomic E-state index is 9.50. The first kappa shape index (κ1) is 17.9. The molecule has 7 heteroatoms. The standard InChI is InChI=1S/C18H30N6O/c1-4-13(10-25)22-16-9-15(21-14-5-7-19-8-6-14)17-18(23-16)24(11-20-17)12(2)3/h9,11-14,19,25H,4-8,10H2,1-3H3,(H2,21,22,23)/t13-/m1/s1. The highest BCUT2D eigenvalue weighted by atomic mass is 16.3. The Labute approximate surface area is 149 Å². The van der Waals surface area contributed by atoms with Gasteiger partial charge in [-0.25, -0.2) is 9.97 Å². The number of aliphatic hydroxyl groups is 1. The van der Waals surface area contributed by atoms with E-state index >= 15 is 0 Å². The fourth-order valence-corrected chi connectivity index (χ4v) is 3.24. The van der Waals surface area contributed by atoms with E-state index in [-0.39, 0.29) is 12.6 Å². The van der Waals surface area contributed by atoms with Crippen molar-refractivity contribution in [2.45, 2.75) is 58.2 Å². The SMILES string of the molecule is CC[C@H](CO)Nc1cc(NC2CCNCC2)c2ncn(C(C)C)c2n1. The summed E-state index contributed by atoms with van der Waals surface area (Å²) in [4.78, 5) is 9.38. The number of fused-ring (bicyclic) bond motifs is 1. The van der Waals surface area contributed by atoms with Gasteiger partial charge in [0.2, 0.25) is 0 Å². The largest absolute Gasteiger partial charge is 0.394 e. The number of nitrogens with zero attached hydrogens (tertiary/aromatic N) is 3. The fourth-order valence-electron chi connectivity index (χ4n) is 3.24. The van der Waals surface area contributed by atoms with E-state index in [1.54, 1.807) is 0 Å². The molecule has 1 aliphatic heterocycles. The lowest BCUT2D eigenvalue weighted by molar-refractivity contribution is 0.271. The van der Waals surface area contributed by atoms with E-state index in [4.69, 9.17) is 4.98 Å². The Morgan fingerprint density at radius 3 is 2.76 bits per heavy atom. The van der Waals surface area contributed by atoms with Crippen molar-refractivity contribution >= 4 is 22.7 Å². The zero-order valence-corrected chi connectivity index (χ0v) is 15.4. The number of hydrogen-bond acceptors (Lipinski definition) is 6. The van der Waals surface area contributed by atoms with Crippen LogP contribution in [-0.4, -0.2) is 51.4 Å². The first-order valence-electron chi connectivity index (χ1n) is 9.34. The monoisotopic (exact) mass is 346 g/mol.